The minimum absolute atomic E-state index is 0.00411. The third-order valence-electron chi connectivity index (χ3n) is 8.20. The van der Waals surface area contributed by atoms with Crippen molar-refractivity contribution < 1.29 is 42.5 Å². The molecule has 0 aromatic carbocycles. The lowest BCUT2D eigenvalue weighted by molar-refractivity contribution is -0.205. The van der Waals surface area contributed by atoms with Crippen LogP contribution < -0.4 is 5.32 Å². The van der Waals surface area contributed by atoms with Crippen LogP contribution >= 0.6 is 31.0 Å². The van der Waals surface area contributed by atoms with Crippen molar-refractivity contribution >= 4 is 48.1 Å². The molecule has 3 aliphatic rings. The second-order valence-corrected chi connectivity index (χ2v) is 15.4. The van der Waals surface area contributed by atoms with Crippen molar-refractivity contribution in [2.75, 3.05) is 31.8 Å². The quantitative estimate of drug-likeness (QED) is 0.207. The molecule has 44 heavy (non-hydrogen) atoms. The topological polar surface area (TPSA) is 165 Å². The van der Waals surface area contributed by atoms with Crippen molar-refractivity contribution in [3.63, 3.8) is 0 Å². The third kappa shape index (κ3) is 6.24. The van der Waals surface area contributed by atoms with Crippen LogP contribution in [-0.2, 0) is 38.1 Å². The fourth-order valence-electron chi connectivity index (χ4n) is 6.42. The predicted molar refractivity (Wildman–Crippen MR) is 163 cm³/mol. The van der Waals surface area contributed by atoms with Gasteiger partial charge in [-0.15, -0.1) is 0 Å². The van der Waals surface area contributed by atoms with Crippen LogP contribution in [0.15, 0.2) is 6.20 Å². The number of halogens is 1. The molecule has 17 heteroatoms. The first-order chi connectivity index (χ1) is 20.8. The standard InChI is InChI=1S/C27H41ClN5O9PS/c1-7-38-43(36,39-8-2)26(5,15-44-6)37-14-17-18-19(42-25(3,4)41-18)22(40-17)33-21-16(13-29-33)20(30-23(28)31-21)27(32-24(34)35)11-9-10-12-27/h13,17-19,22,32H,7-12,14-15H2,1-6H3,(H,34,35)/t17-,18-,19-,22-,26?/m1/s1. The number of nitrogens with zero attached hydrogens (tertiary/aromatic N) is 4. The van der Waals surface area contributed by atoms with Crippen LogP contribution in [-0.4, -0.2) is 92.2 Å². The number of hydrogen-bond donors (Lipinski definition) is 2. The van der Waals surface area contributed by atoms with Gasteiger partial charge in [0.25, 0.3) is 0 Å². The van der Waals surface area contributed by atoms with E-state index in [4.69, 9.17) is 39.6 Å². The van der Waals surface area contributed by atoms with Gasteiger partial charge in [0.2, 0.25) is 5.28 Å². The first kappa shape index (κ1) is 33.8. The van der Waals surface area contributed by atoms with Gasteiger partial charge in [0.15, 0.2) is 23.0 Å². The van der Waals surface area contributed by atoms with E-state index >= 15 is 0 Å². The molecule has 0 bridgehead atoms. The minimum atomic E-state index is -3.67. The summed E-state index contributed by atoms with van der Waals surface area (Å²) < 4.78 is 52.2. The zero-order chi connectivity index (χ0) is 31.9. The Hall–Kier alpha value is -1.55. The van der Waals surface area contributed by atoms with E-state index in [2.05, 4.69) is 20.4 Å². The van der Waals surface area contributed by atoms with Crippen LogP contribution in [0.5, 0.6) is 0 Å². The molecule has 1 aliphatic carbocycles. The Balaban J connectivity index is 1.48. The van der Waals surface area contributed by atoms with E-state index in [0.29, 0.717) is 35.3 Å². The predicted octanol–water partition coefficient (Wildman–Crippen LogP) is 5.30. The fraction of sp³-hybridized carbons (Fsp3) is 0.778. The average molecular weight is 678 g/mol. The Bertz CT molecular complexity index is 1400. The van der Waals surface area contributed by atoms with Crippen LogP contribution in [0.2, 0.25) is 5.28 Å². The summed E-state index contributed by atoms with van der Waals surface area (Å²) in [5.41, 5.74) is -0.0555. The lowest BCUT2D eigenvalue weighted by Crippen LogP contribution is -2.44. The van der Waals surface area contributed by atoms with Crippen LogP contribution in [0.4, 0.5) is 4.79 Å². The number of aromatic nitrogens is 4. The highest BCUT2D eigenvalue weighted by molar-refractivity contribution is 7.99. The van der Waals surface area contributed by atoms with Crippen LogP contribution in [0.1, 0.15) is 72.2 Å². The largest absolute Gasteiger partial charge is 0.465 e. The van der Waals surface area contributed by atoms with Gasteiger partial charge < -0.3 is 38.4 Å². The van der Waals surface area contributed by atoms with E-state index in [9.17, 15) is 14.5 Å². The molecule has 5 rings (SSSR count). The number of rotatable bonds is 13. The first-order valence-corrected chi connectivity index (χ1v) is 18.1. The molecule has 1 saturated carbocycles. The lowest BCUT2D eigenvalue weighted by Gasteiger charge is -2.36. The highest BCUT2D eigenvalue weighted by Gasteiger charge is 2.58. The smallest absolute Gasteiger partial charge is 0.405 e. The molecule has 1 amide bonds. The van der Waals surface area contributed by atoms with Crippen LogP contribution in [0, 0.1) is 0 Å². The van der Waals surface area contributed by atoms with Gasteiger partial charge in [-0.05, 0) is 65.3 Å². The number of thioether (sulfide) groups is 1. The maximum Gasteiger partial charge on any atom is 0.405 e. The molecule has 5 atom stereocenters. The fourth-order valence-corrected chi connectivity index (χ4v) is 9.76. The summed E-state index contributed by atoms with van der Waals surface area (Å²) in [6.45, 7) is 9.27. The molecular weight excluding hydrogens is 637 g/mol. The summed E-state index contributed by atoms with van der Waals surface area (Å²) in [5.74, 6) is -0.574. The van der Waals surface area contributed by atoms with Crippen molar-refractivity contribution in [1.82, 2.24) is 25.1 Å². The maximum absolute atomic E-state index is 13.9. The number of carbonyl (C=O) groups is 1. The number of hydrogen-bond acceptors (Lipinski definition) is 12. The van der Waals surface area contributed by atoms with Gasteiger partial charge >= 0.3 is 13.7 Å². The molecular formula is C27H41ClN5O9PS. The van der Waals surface area contributed by atoms with Crippen molar-refractivity contribution in [2.24, 2.45) is 0 Å². The minimum Gasteiger partial charge on any atom is -0.465 e. The number of amides is 1. The summed E-state index contributed by atoms with van der Waals surface area (Å²) in [7, 11) is -3.67. The van der Waals surface area contributed by atoms with Crippen LogP contribution in [0.3, 0.4) is 0 Å². The second kappa shape index (κ2) is 12.9. The lowest BCUT2D eigenvalue weighted by atomic mass is 9.91. The van der Waals surface area contributed by atoms with Gasteiger partial charge in [0.1, 0.15) is 18.3 Å². The summed E-state index contributed by atoms with van der Waals surface area (Å²) in [6, 6.07) is 0. The van der Waals surface area contributed by atoms with Crippen molar-refractivity contribution in [3.8, 4) is 0 Å². The molecule has 2 saturated heterocycles. The van der Waals surface area contributed by atoms with Gasteiger partial charge in [-0.1, -0.05) is 12.8 Å². The summed E-state index contributed by atoms with van der Waals surface area (Å²) >= 11 is 7.91. The first-order valence-electron chi connectivity index (χ1n) is 14.8. The van der Waals surface area contributed by atoms with E-state index in [-0.39, 0.29) is 25.1 Å². The molecule has 246 valence electrons. The van der Waals surface area contributed by atoms with E-state index in [1.807, 2.05) is 20.1 Å². The molecule has 2 aliphatic heterocycles. The van der Waals surface area contributed by atoms with Crippen molar-refractivity contribution in [1.29, 1.82) is 0 Å². The molecule has 1 unspecified atom stereocenters. The molecule has 0 radical (unpaired) electrons. The maximum atomic E-state index is 13.9. The molecule has 0 spiro atoms. The van der Waals surface area contributed by atoms with Gasteiger partial charge in [-0.25, -0.2) is 14.5 Å². The Morgan fingerprint density at radius 2 is 1.89 bits per heavy atom. The zero-order valence-electron chi connectivity index (χ0n) is 25.8. The van der Waals surface area contributed by atoms with E-state index in [1.54, 1.807) is 31.6 Å². The average Bonchev–Trinajstić information content (AvgIpc) is 3.71. The Kier molecular flexibility index (Phi) is 9.93. The summed E-state index contributed by atoms with van der Waals surface area (Å²) in [6.07, 6.45) is 2.58. The van der Waals surface area contributed by atoms with Crippen LogP contribution in [0.25, 0.3) is 11.0 Å². The van der Waals surface area contributed by atoms with E-state index < -0.39 is 54.9 Å². The molecule has 3 fully saturated rings. The summed E-state index contributed by atoms with van der Waals surface area (Å²) in [4.78, 5) is 20.8. The molecule has 2 aromatic heterocycles. The summed E-state index contributed by atoms with van der Waals surface area (Å²) in [5, 5.41) is 16.2. The van der Waals surface area contributed by atoms with E-state index in [0.717, 1.165) is 12.8 Å². The Morgan fingerprint density at radius 3 is 2.50 bits per heavy atom. The number of carboxylic acid groups (broad SMARTS) is 1. The van der Waals surface area contributed by atoms with E-state index in [1.165, 1.54) is 11.8 Å². The number of ether oxygens (including phenoxy) is 4. The second-order valence-electron chi connectivity index (χ2n) is 11.8. The molecule has 2 aromatic rings. The third-order valence-corrected chi connectivity index (χ3v) is 12.1. The van der Waals surface area contributed by atoms with Gasteiger partial charge in [-0.2, -0.15) is 21.8 Å². The highest BCUT2D eigenvalue weighted by Crippen LogP contribution is 2.61. The van der Waals surface area contributed by atoms with Gasteiger partial charge in [0, 0.05) is 5.75 Å². The van der Waals surface area contributed by atoms with Crippen molar-refractivity contribution in [3.05, 3.63) is 17.2 Å². The Morgan fingerprint density at radius 1 is 1.23 bits per heavy atom. The van der Waals surface area contributed by atoms with Gasteiger partial charge in [0.05, 0.1) is 42.6 Å². The SMILES string of the molecule is CCOP(=O)(OCC)C(C)(CSC)OC[C@H]1O[C@@H](n2ncc3c(C4(NC(=O)O)CCCC4)nc(Cl)nc32)[C@@H]2OC(C)(C)O[C@@H]21. The molecule has 4 heterocycles. The number of fused-ring (bicyclic) bond motifs is 2. The molecule has 2 N–H and O–H groups in total. The van der Waals surface area contributed by atoms with Crippen molar-refractivity contribution in [2.45, 2.75) is 102 Å². The van der Waals surface area contributed by atoms with Gasteiger partial charge in [-0.3, -0.25) is 4.57 Å². The normalized spacial score (nSPS) is 27.4. The number of nitrogens with one attached hydrogen (secondary N) is 1. The zero-order valence-corrected chi connectivity index (χ0v) is 28.2. The Labute approximate surface area is 265 Å². The monoisotopic (exact) mass is 677 g/mol. The highest BCUT2D eigenvalue weighted by atomic mass is 35.5. The molecule has 14 nitrogen and oxygen atoms in total.